The lowest BCUT2D eigenvalue weighted by molar-refractivity contribution is -0.130. The summed E-state index contributed by atoms with van der Waals surface area (Å²) in [6.07, 6.45) is 0. The first-order chi connectivity index (χ1) is 12.0. The van der Waals surface area contributed by atoms with E-state index in [1.807, 2.05) is 12.1 Å². The minimum atomic E-state index is -0.324. The summed E-state index contributed by atoms with van der Waals surface area (Å²) in [5.74, 6) is -0.380. The van der Waals surface area contributed by atoms with Gasteiger partial charge in [-0.3, -0.25) is 4.79 Å². The molecule has 2 aromatic carbocycles. The molecule has 2 rings (SSSR count). The second kappa shape index (κ2) is 9.51. The molecule has 1 atom stereocenters. The number of nitrogens with zero attached hydrogens (tertiary/aromatic N) is 1. The maximum atomic E-state index is 13.3. The van der Waals surface area contributed by atoms with E-state index in [2.05, 4.69) is 5.32 Å². The van der Waals surface area contributed by atoms with E-state index < -0.39 is 0 Å². The molecule has 0 aromatic heterocycles. The Morgan fingerprint density at radius 1 is 1.16 bits per heavy atom. The molecular weight excluding hydrogens is 343 g/mol. The van der Waals surface area contributed by atoms with Crippen LogP contribution in [0.3, 0.4) is 0 Å². The van der Waals surface area contributed by atoms with Crippen LogP contribution in [0, 0.1) is 5.82 Å². The number of amides is 1. The van der Waals surface area contributed by atoms with Crippen LogP contribution in [0.2, 0.25) is 5.02 Å². The standard InChI is InChI=1S/C19H22ClFN2O2/c1-23(18(24)13-22-11-12-25-2)19(14-3-7-16(20)8-4-14)15-5-9-17(21)10-6-15/h3-10,19,22H,11-13H2,1-2H3. The minimum absolute atomic E-state index is 0.0691. The number of hydrogen-bond donors (Lipinski definition) is 1. The van der Waals surface area contributed by atoms with Crippen molar-refractivity contribution in [1.29, 1.82) is 0 Å². The number of nitrogens with one attached hydrogen (secondary N) is 1. The fourth-order valence-electron chi connectivity index (χ4n) is 2.57. The zero-order valence-corrected chi connectivity index (χ0v) is 15.1. The van der Waals surface area contributed by atoms with Crippen LogP contribution in [0.4, 0.5) is 4.39 Å². The molecule has 2 aromatic rings. The van der Waals surface area contributed by atoms with Gasteiger partial charge < -0.3 is 15.0 Å². The van der Waals surface area contributed by atoms with E-state index in [1.165, 1.54) is 12.1 Å². The molecule has 0 spiro atoms. The molecule has 1 N–H and O–H groups in total. The van der Waals surface area contributed by atoms with Crippen LogP contribution in [-0.2, 0) is 9.53 Å². The van der Waals surface area contributed by atoms with Crippen molar-refractivity contribution in [1.82, 2.24) is 10.2 Å². The van der Waals surface area contributed by atoms with Gasteiger partial charge in [0.25, 0.3) is 0 Å². The predicted molar refractivity (Wildman–Crippen MR) is 97.2 cm³/mol. The molecule has 0 aliphatic carbocycles. The number of hydrogen-bond acceptors (Lipinski definition) is 3. The van der Waals surface area contributed by atoms with Crippen LogP contribution < -0.4 is 5.32 Å². The summed E-state index contributed by atoms with van der Waals surface area (Å²) in [7, 11) is 3.35. The van der Waals surface area contributed by atoms with Gasteiger partial charge in [0.05, 0.1) is 19.2 Å². The van der Waals surface area contributed by atoms with Gasteiger partial charge in [0.1, 0.15) is 5.82 Å². The Hall–Kier alpha value is -1.95. The first-order valence-corrected chi connectivity index (χ1v) is 8.37. The van der Waals surface area contributed by atoms with Crippen LogP contribution in [0.15, 0.2) is 48.5 Å². The highest BCUT2D eigenvalue weighted by Crippen LogP contribution is 2.28. The Kier molecular flexibility index (Phi) is 7.37. The Balaban J connectivity index is 2.23. The molecule has 0 radical (unpaired) electrons. The van der Waals surface area contributed by atoms with Crippen molar-refractivity contribution in [3.05, 3.63) is 70.5 Å². The third-order valence-electron chi connectivity index (χ3n) is 3.91. The van der Waals surface area contributed by atoms with E-state index in [4.69, 9.17) is 16.3 Å². The van der Waals surface area contributed by atoms with E-state index in [0.717, 1.165) is 11.1 Å². The number of carbonyl (C=O) groups excluding carboxylic acids is 1. The summed E-state index contributed by atoms with van der Waals surface area (Å²) >= 11 is 5.97. The van der Waals surface area contributed by atoms with Crippen LogP contribution in [-0.4, -0.2) is 44.7 Å². The number of methoxy groups -OCH3 is 1. The molecule has 0 saturated heterocycles. The zero-order chi connectivity index (χ0) is 18.2. The third kappa shape index (κ3) is 5.53. The van der Waals surface area contributed by atoms with Gasteiger partial charge >= 0.3 is 0 Å². The first kappa shape index (κ1) is 19.4. The molecule has 6 heteroatoms. The molecule has 0 heterocycles. The Morgan fingerprint density at radius 3 is 2.28 bits per heavy atom. The van der Waals surface area contributed by atoms with Crippen molar-refractivity contribution < 1.29 is 13.9 Å². The van der Waals surface area contributed by atoms with E-state index in [-0.39, 0.29) is 24.3 Å². The molecule has 0 saturated carbocycles. The highest BCUT2D eigenvalue weighted by Gasteiger charge is 2.23. The monoisotopic (exact) mass is 364 g/mol. The second-order valence-corrected chi connectivity index (χ2v) is 6.12. The Morgan fingerprint density at radius 2 is 1.72 bits per heavy atom. The number of likely N-dealkylation sites (N-methyl/N-ethyl adjacent to an activating group) is 1. The molecule has 1 unspecified atom stereocenters. The topological polar surface area (TPSA) is 41.6 Å². The summed E-state index contributed by atoms with van der Waals surface area (Å²) in [4.78, 5) is 14.2. The lowest BCUT2D eigenvalue weighted by Gasteiger charge is -2.29. The Labute approximate surface area is 152 Å². The maximum absolute atomic E-state index is 13.3. The average Bonchev–Trinajstić information content (AvgIpc) is 2.62. The molecule has 0 aliphatic rings. The maximum Gasteiger partial charge on any atom is 0.237 e. The Bertz CT molecular complexity index is 631. The van der Waals surface area contributed by atoms with Gasteiger partial charge in [-0.2, -0.15) is 0 Å². The smallest absolute Gasteiger partial charge is 0.237 e. The SMILES string of the molecule is COCCNCC(=O)N(C)C(c1ccc(F)cc1)c1ccc(Cl)cc1. The lowest BCUT2D eigenvalue weighted by Crippen LogP contribution is -2.39. The summed E-state index contributed by atoms with van der Waals surface area (Å²) in [6.45, 7) is 1.33. The molecule has 0 bridgehead atoms. The quantitative estimate of drug-likeness (QED) is 0.731. The highest BCUT2D eigenvalue weighted by molar-refractivity contribution is 6.30. The number of halogens is 2. The summed E-state index contributed by atoms with van der Waals surface area (Å²) in [5.41, 5.74) is 1.74. The summed E-state index contributed by atoms with van der Waals surface area (Å²) in [6, 6.07) is 13.2. The van der Waals surface area contributed by atoms with Gasteiger partial charge in [0, 0.05) is 25.7 Å². The van der Waals surface area contributed by atoms with Crippen molar-refractivity contribution in [2.75, 3.05) is 33.9 Å². The van der Waals surface area contributed by atoms with Gasteiger partial charge in [-0.05, 0) is 35.4 Å². The highest BCUT2D eigenvalue weighted by atomic mass is 35.5. The van der Waals surface area contributed by atoms with Crippen molar-refractivity contribution in [2.24, 2.45) is 0 Å². The first-order valence-electron chi connectivity index (χ1n) is 7.99. The van der Waals surface area contributed by atoms with Crippen LogP contribution >= 0.6 is 11.6 Å². The average molecular weight is 365 g/mol. The lowest BCUT2D eigenvalue weighted by atomic mass is 9.97. The van der Waals surface area contributed by atoms with Gasteiger partial charge in [-0.1, -0.05) is 35.9 Å². The molecule has 4 nitrogen and oxygen atoms in total. The summed E-state index contributed by atoms with van der Waals surface area (Å²) < 4.78 is 18.2. The van der Waals surface area contributed by atoms with Gasteiger partial charge in [-0.25, -0.2) is 4.39 Å². The number of carbonyl (C=O) groups is 1. The third-order valence-corrected chi connectivity index (χ3v) is 4.16. The molecule has 134 valence electrons. The summed E-state index contributed by atoms with van der Waals surface area (Å²) in [5, 5.41) is 3.67. The van der Waals surface area contributed by atoms with Crippen LogP contribution in [0.25, 0.3) is 0 Å². The van der Waals surface area contributed by atoms with Gasteiger partial charge in [0.15, 0.2) is 0 Å². The molecule has 0 aliphatic heterocycles. The molecule has 0 fully saturated rings. The number of rotatable bonds is 8. The van der Waals surface area contributed by atoms with E-state index in [0.29, 0.717) is 18.2 Å². The van der Waals surface area contributed by atoms with Crippen molar-refractivity contribution >= 4 is 17.5 Å². The molecule has 25 heavy (non-hydrogen) atoms. The zero-order valence-electron chi connectivity index (χ0n) is 14.3. The second-order valence-electron chi connectivity index (χ2n) is 5.68. The van der Waals surface area contributed by atoms with Crippen LogP contribution in [0.1, 0.15) is 17.2 Å². The minimum Gasteiger partial charge on any atom is -0.383 e. The molecular formula is C19H22ClFN2O2. The van der Waals surface area contributed by atoms with E-state index in [1.54, 1.807) is 43.3 Å². The predicted octanol–water partition coefficient (Wildman–Crippen LogP) is 3.26. The fraction of sp³-hybridized carbons (Fsp3) is 0.316. The van der Waals surface area contributed by atoms with Crippen molar-refractivity contribution in [3.8, 4) is 0 Å². The van der Waals surface area contributed by atoms with Gasteiger partial charge in [-0.15, -0.1) is 0 Å². The van der Waals surface area contributed by atoms with Crippen LogP contribution in [0.5, 0.6) is 0 Å². The number of ether oxygens (including phenoxy) is 1. The fourth-order valence-corrected chi connectivity index (χ4v) is 2.69. The van der Waals surface area contributed by atoms with Gasteiger partial charge in [0.2, 0.25) is 5.91 Å². The molecule has 1 amide bonds. The van der Waals surface area contributed by atoms with E-state index in [9.17, 15) is 9.18 Å². The van der Waals surface area contributed by atoms with Crippen molar-refractivity contribution in [3.63, 3.8) is 0 Å². The van der Waals surface area contributed by atoms with E-state index >= 15 is 0 Å². The normalized spacial score (nSPS) is 12.0. The van der Waals surface area contributed by atoms with Crippen molar-refractivity contribution in [2.45, 2.75) is 6.04 Å². The largest absolute Gasteiger partial charge is 0.383 e. The number of benzene rings is 2.